The summed E-state index contributed by atoms with van der Waals surface area (Å²) in [4.78, 5) is 0. The maximum atomic E-state index is 3.00. The topological polar surface area (TPSA) is 0 Å². The molecule has 0 aromatic heterocycles. The van der Waals surface area contributed by atoms with Crippen molar-refractivity contribution < 1.29 is 19.5 Å². The predicted octanol–water partition coefficient (Wildman–Crippen LogP) is -1.57. The van der Waals surface area contributed by atoms with E-state index < -0.39 is 0 Å². The van der Waals surface area contributed by atoms with E-state index in [1.807, 2.05) is 0 Å². The average molecular weight is 284 g/mol. The fourth-order valence-corrected chi connectivity index (χ4v) is 0. The molecule has 0 saturated heterocycles. The molecular formula is C2H10GaInZn. The number of hydrogen-bond acceptors (Lipinski definition) is 0. The Morgan fingerprint density at radius 1 is 1.00 bits per heavy atom. The maximum Gasteiger partial charge on any atom is 0 e. The minimum atomic E-state index is 0. The molecule has 0 heterocycles. The third-order valence-electron chi connectivity index (χ3n) is 0. The molecule has 3 heteroatoms. The first-order chi connectivity index (χ1) is 1.00. The Hall–Kier alpha value is 1.87. The smallest absolute Gasteiger partial charge is 0 e. The van der Waals surface area contributed by atoms with Crippen molar-refractivity contribution >= 4 is 45.6 Å². The van der Waals surface area contributed by atoms with Gasteiger partial charge in [-0.05, 0) is 0 Å². The minimum Gasteiger partial charge on any atom is 0 e. The maximum absolute atomic E-state index is 3.00. The average Bonchev–Trinajstić information content (AvgIpc) is 1.00. The molecule has 0 amide bonds. The molecule has 0 rings (SSSR count). The summed E-state index contributed by atoms with van der Waals surface area (Å²) in [7, 11) is 0. The molecule has 0 saturated carbocycles. The molecule has 0 radical (unpaired) electrons. The molecule has 0 bridgehead atoms. The fourth-order valence-electron chi connectivity index (χ4n) is 0. The van der Waals surface area contributed by atoms with E-state index in [0.29, 0.717) is 0 Å². The van der Waals surface area contributed by atoms with Crippen LogP contribution in [-0.2, 0) is 19.5 Å². The quantitative estimate of drug-likeness (QED) is 0.372. The Morgan fingerprint density at radius 2 is 1.00 bits per heavy atom. The number of hydrogen-bond donors (Lipinski definition) is 0. The largest absolute Gasteiger partial charge is 0 e. The van der Waals surface area contributed by atoms with E-state index in [4.69, 9.17) is 0 Å². The van der Waals surface area contributed by atoms with Crippen LogP contribution in [0.1, 0.15) is 0 Å². The third kappa shape index (κ3) is 25.1. The summed E-state index contributed by atoms with van der Waals surface area (Å²) in [5, 5.41) is 0. The van der Waals surface area contributed by atoms with E-state index in [1.54, 1.807) is 0 Å². The van der Waals surface area contributed by atoms with Crippen LogP contribution in [0.4, 0.5) is 0 Å². The van der Waals surface area contributed by atoms with Gasteiger partial charge in [-0.3, -0.25) is 0 Å². The Bertz CT molecular complexity index is 9.61. The molecule has 0 aliphatic rings. The molecule has 0 aliphatic heterocycles. The van der Waals surface area contributed by atoms with Gasteiger partial charge in [0.15, 0.2) is 0 Å². The summed E-state index contributed by atoms with van der Waals surface area (Å²) in [5.41, 5.74) is 0. The van der Waals surface area contributed by atoms with Crippen molar-refractivity contribution in [3.63, 3.8) is 0 Å². The summed E-state index contributed by atoms with van der Waals surface area (Å²) < 4.78 is 0. The molecule has 0 aromatic carbocycles. The fraction of sp³-hybridized carbons (Fsp3) is 0. The molecule has 0 aliphatic carbocycles. The van der Waals surface area contributed by atoms with Crippen molar-refractivity contribution in [2.24, 2.45) is 0 Å². The van der Waals surface area contributed by atoms with Crippen LogP contribution in [0.2, 0.25) is 0 Å². The minimum absolute atomic E-state index is 0. The zero-order valence-corrected chi connectivity index (χ0v) is 5.09. The van der Waals surface area contributed by atoms with E-state index in [2.05, 4.69) is 13.2 Å². The second-order valence-electron chi connectivity index (χ2n) is 0. The molecule has 0 unspecified atom stereocenters. The molecule has 0 spiro atoms. The first-order valence-electron chi connectivity index (χ1n) is 0.500. The van der Waals surface area contributed by atoms with Crippen LogP contribution in [0, 0.1) is 0 Å². The van der Waals surface area contributed by atoms with Crippen LogP contribution in [0.25, 0.3) is 0 Å². The van der Waals surface area contributed by atoms with E-state index in [-0.39, 0.29) is 65.1 Å². The summed E-state index contributed by atoms with van der Waals surface area (Å²) in [5.74, 6) is 0. The van der Waals surface area contributed by atoms with Crippen molar-refractivity contribution in [2.45, 2.75) is 0 Å². The first kappa shape index (κ1) is 28.7. The van der Waals surface area contributed by atoms with Crippen LogP contribution in [0.15, 0.2) is 13.2 Å². The van der Waals surface area contributed by atoms with Gasteiger partial charge in [-0.2, -0.15) is 0 Å². The van der Waals surface area contributed by atoms with Crippen LogP contribution in [0.5, 0.6) is 0 Å². The standard InChI is InChI=1S/C2H4.Ga.In.Zn.6H/c1-2;;;;;;;;;/h1-2H2;;;;;;;;;. The summed E-state index contributed by atoms with van der Waals surface area (Å²) in [6, 6.07) is 0. The van der Waals surface area contributed by atoms with E-state index in [1.165, 1.54) is 0 Å². The summed E-state index contributed by atoms with van der Waals surface area (Å²) in [6.07, 6.45) is 0. The number of rotatable bonds is 0. The van der Waals surface area contributed by atoms with Crippen molar-refractivity contribution in [1.82, 2.24) is 0 Å². The zero-order valence-electron chi connectivity index (χ0n) is 2.12. The molecule has 26 valence electrons. The first-order valence-corrected chi connectivity index (χ1v) is 0.500. The van der Waals surface area contributed by atoms with Crippen molar-refractivity contribution in [3.05, 3.63) is 13.2 Å². The van der Waals surface area contributed by atoms with Gasteiger partial charge in [0, 0.05) is 19.5 Å². The van der Waals surface area contributed by atoms with E-state index in [9.17, 15) is 0 Å². The summed E-state index contributed by atoms with van der Waals surface area (Å²) >= 11 is 0. The molecule has 0 nitrogen and oxygen atoms in total. The Labute approximate surface area is 77.4 Å². The van der Waals surface area contributed by atoms with Gasteiger partial charge in [0.05, 0.1) is 0 Å². The summed E-state index contributed by atoms with van der Waals surface area (Å²) in [6.45, 7) is 6.00. The van der Waals surface area contributed by atoms with Crippen LogP contribution in [0.3, 0.4) is 0 Å². The molecule has 5 heavy (non-hydrogen) atoms. The molecule has 0 fully saturated rings. The van der Waals surface area contributed by atoms with Gasteiger partial charge in [0.1, 0.15) is 0 Å². The molecule has 0 N–H and O–H groups in total. The van der Waals surface area contributed by atoms with Crippen molar-refractivity contribution in [3.8, 4) is 0 Å². The van der Waals surface area contributed by atoms with Crippen molar-refractivity contribution in [1.29, 1.82) is 0 Å². The Kier molecular flexibility index (Phi) is 229. The van der Waals surface area contributed by atoms with Gasteiger partial charge in [0.25, 0.3) is 0 Å². The zero-order chi connectivity index (χ0) is 2.00. The Balaban J connectivity index is -0.00000000167. The second kappa shape index (κ2) is 39.8. The Morgan fingerprint density at radius 3 is 1.00 bits per heavy atom. The monoisotopic (exact) mass is 282 g/mol. The van der Waals surface area contributed by atoms with Gasteiger partial charge in [-0.25, -0.2) is 0 Å². The van der Waals surface area contributed by atoms with Gasteiger partial charge in [0.2, 0.25) is 0 Å². The van der Waals surface area contributed by atoms with E-state index in [0.717, 1.165) is 0 Å². The molecular weight excluding hydrogens is 274 g/mol. The van der Waals surface area contributed by atoms with Gasteiger partial charge in [-0.1, -0.05) is 0 Å². The van der Waals surface area contributed by atoms with Gasteiger partial charge >= 0.3 is 45.6 Å². The van der Waals surface area contributed by atoms with Gasteiger partial charge in [-0.15, -0.1) is 13.2 Å². The van der Waals surface area contributed by atoms with E-state index >= 15 is 0 Å². The van der Waals surface area contributed by atoms with Crippen LogP contribution in [-0.4, -0.2) is 45.6 Å². The molecule has 0 aromatic rings. The van der Waals surface area contributed by atoms with Crippen LogP contribution >= 0.6 is 0 Å². The second-order valence-corrected chi connectivity index (χ2v) is 0. The third-order valence-corrected chi connectivity index (χ3v) is 0. The predicted molar refractivity (Wildman–Crippen MR) is 31.1 cm³/mol. The van der Waals surface area contributed by atoms with Crippen LogP contribution < -0.4 is 0 Å². The van der Waals surface area contributed by atoms with Gasteiger partial charge < -0.3 is 0 Å². The van der Waals surface area contributed by atoms with Crippen molar-refractivity contribution in [2.75, 3.05) is 0 Å². The molecule has 0 atom stereocenters. The normalized spacial score (nSPS) is 0.800. The SMILES string of the molecule is C=C.[GaH3].[InH3].[Zn].